The smallest absolute Gasteiger partial charge is 0.337 e. The standard InChI is InChI=1S/C19H19NO6S/c1-3-9-20(15-6-4-5-14(12-15)19(21)24-2)27(22,23)16-7-8-17-18(13-16)26-11-10-25-17/h3-8,12-13H,1,9-11H2,2H3. The van der Waals surface area contributed by atoms with E-state index in [-0.39, 0.29) is 17.0 Å². The summed E-state index contributed by atoms with van der Waals surface area (Å²) in [5.41, 5.74) is 0.578. The molecule has 142 valence electrons. The van der Waals surface area contributed by atoms with E-state index in [1.807, 2.05) is 0 Å². The van der Waals surface area contributed by atoms with Crippen molar-refractivity contribution in [3.8, 4) is 11.5 Å². The van der Waals surface area contributed by atoms with Gasteiger partial charge >= 0.3 is 5.97 Å². The molecule has 0 fully saturated rings. The van der Waals surface area contributed by atoms with Crippen LogP contribution < -0.4 is 13.8 Å². The number of anilines is 1. The number of fused-ring (bicyclic) bond motifs is 1. The van der Waals surface area contributed by atoms with Gasteiger partial charge in [-0.3, -0.25) is 4.31 Å². The van der Waals surface area contributed by atoms with Crippen molar-refractivity contribution in [2.75, 3.05) is 31.2 Å². The van der Waals surface area contributed by atoms with Crippen molar-refractivity contribution in [3.05, 3.63) is 60.7 Å². The van der Waals surface area contributed by atoms with Crippen molar-refractivity contribution in [2.45, 2.75) is 4.90 Å². The molecule has 7 nitrogen and oxygen atoms in total. The molecule has 0 saturated carbocycles. The zero-order chi connectivity index (χ0) is 19.4. The number of hydrogen-bond acceptors (Lipinski definition) is 6. The molecule has 0 radical (unpaired) electrons. The highest BCUT2D eigenvalue weighted by atomic mass is 32.2. The third-order valence-corrected chi connectivity index (χ3v) is 5.74. The normalized spacial score (nSPS) is 12.9. The minimum Gasteiger partial charge on any atom is -0.486 e. The summed E-state index contributed by atoms with van der Waals surface area (Å²) in [6, 6.07) is 10.7. The first kappa shape index (κ1) is 18.8. The van der Waals surface area contributed by atoms with E-state index < -0.39 is 16.0 Å². The van der Waals surface area contributed by atoms with Crippen molar-refractivity contribution >= 4 is 21.7 Å². The Bertz CT molecular complexity index is 970. The fourth-order valence-corrected chi connectivity index (χ4v) is 4.12. The quantitative estimate of drug-likeness (QED) is 0.558. The molecule has 0 unspecified atom stereocenters. The fourth-order valence-electron chi connectivity index (χ4n) is 2.68. The number of carbonyl (C=O) groups is 1. The van der Waals surface area contributed by atoms with Crippen molar-refractivity contribution in [1.82, 2.24) is 0 Å². The summed E-state index contributed by atoms with van der Waals surface area (Å²) < 4.78 is 43.2. The second-order valence-corrected chi connectivity index (χ2v) is 7.53. The molecule has 1 heterocycles. The van der Waals surface area contributed by atoms with Gasteiger partial charge in [0.25, 0.3) is 10.0 Å². The predicted octanol–water partition coefficient (Wildman–Crippen LogP) is 2.63. The minimum atomic E-state index is -3.92. The average molecular weight is 389 g/mol. The second kappa shape index (κ2) is 7.71. The maximum Gasteiger partial charge on any atom is 0.337 e. The van der Waals surface area contributed by atoms with Crippen molar-refractivity contribution in [2.24, 2.45) is 0 Å². The van der Waals surface area contributed by atoms with Crippen LogP contribution in [0.15, 0.2) is 60.0 Å². The molecule has 3 rings (SSSR count). The monoisotopic (exact) mass is 389 g/mol. The van der Waals surface area contributed by atoms with Gasteiger partial charge in [-0.05, 0) is 30.3 Å². The number of methoxy groups -OCH3 is 1. The van der Waals surface area contributed by atoms with E-state index >= 15 is 0 Å². The Kier molecular flexibility index (Phi) is 5.36. The number of hydrogen-bond donors (Lipinski definition) is 0. The third-order valence-electron chi connectivity index (χ3n) is 3.95. The Labute approximate surface area is 157 Å². The van der Waals surface area contributed by atoms with Gasteiger partial charge in [-0.15, -0.1) is 6.58 Å². The molecule has 0 spiro atoms. The van der Waals surface area contributed by atoms with E-state index in [0.717, 1.165) is 4.31 Å². The predicted molar refractivity (Wildman–Crippen MR) is 99.9 cm³/mol. The van der Waals surface area contributed by atoms with Crippen LogP contribution in [0.5, 0.6) is 11.5 Å². The number of carbonyl (C=O) groups excluding carboxylic acids is 1. The van der Waals surface area contributed by atoms with Crippen molar-refractivity contribution < 1.29 is 27.4 Å². The lowest BCUT2D eigenvalue weighted by Crippen LogP contribution is -2.31. The van der Waals surface area contributed by atoms with Crippen molar-refractivity contribution in [3.63, 3.8) is 0 Å². The van der Waals surface area contributed by atoms with E-state index in [9.17, 15) is 13.2 Å². The van der Waals surface area contributed by atoms with Crippen LogP contribution in [0.25, 0.3) is 0 Å². The molecule has 27 heavy (non-hydrogen) atoms. The highest BCUT2D eigenvalue weighted by Gasteiger charge is 2.27. The Morgan fingerprint density at radius 2 is 1.93 bits per heavy atom. The Balaban J connectivity index is 2.03. The maximum absolute atomic E-state index is 13.2. The molecule has 0 atom stereocenters. The Morgan fingerprint density at radius 1 is 1.19 bits per heavy atom. The van der Waals surface area contributed by atoms with E-state index in [0.29, 0.717) is 30.4 Å². The van der Waals surface area contributed by atoms with Crippen LogP contribution in [0.4, 0.5) is 5.69 Å². The number of ether oxygens (including phenoxy) is 3. The largest absolute Gasteiger partial charge is 0.486 e. The van der Waals surface area contributed by atoms with Gasteiger partial charge in [-0.1, -0.05) is 12.1 Å². The van der Waals surface area contributed by atoms with Crippen LogP contribution in [0, 0.1) is 0 Å². The molecule has 2 aromatic rings. The Morgan fingerprint density at radius 3 is 2.63 bits per heavy atom. The number of esters is 1. The number of nitrogens with zero attached hydrogens (tertiary/aromatic N) is 1. The van der Waals surface area contributed by atoms with Gasteiger partial charge in [0.05, 0.1) is 29.8 Å². The summed E-state index contributed by atoms with van der Waals surface area (Å²) in [5, 5.41) is 0. The topological polar surface area (TPSA) is 82.1 Å². The molecule has 1 aliphatic rings. The summed E-state index contributed by atoms with van der Waals surface area (Å²) in [6.45, 7) is 4.44. The number of sulfonamides is 1. The van der Waals surface area contributed by atoms with E-state index in [2.05, 4.69) is 6.58 Å². The van der Waals surface area contributed by atoms with Crippen molar-refractivity contribution in [1.29, 1.82) is 0 Å². The van der Waals surface area contributed by atoms with Gasteiger partial charge < -0.3 is 14.2 Å². The molecule has 0 N–H and O–H groups in total. The van der Waals surface area contributed by atoms with Crippen LogP contribution >= 0.6 is 0 Å². The van der Waals surface area contributed by atoms with Gasteiger partial charge in [-0.25, -0.2) is 13.2 Å². The lowest BCUT2D eigenvalue weighted by molar-refractivity contribution is 0.0600. The first-order chi connectivity index (χ1) is 13.0. The summed E-state index contributed by atoms with van der Waals surface area (Å²) >= 11 is 0. The van der Waals surface area contributed by atoms with Crippen LogP contribution in [-0.4, -0.2) is 41.3 Å². The molecule has 0 amide bonds. The molecule has 2 aromatic carbocycles. The molecule has 0 aliphatic carbocycles. The highest BCUT2D eigenvalue weighted by molar-refractivity contribution is 7.92. The third kappa shape index (κ3) is 3.75. The number of benzene rings is 2. The second-order valence-electron chi connectivity index (χ2n) is 5.67. The van der Waals surface area contributed by atoms with Crippen LogP contribution in [0.2, 0.25) is 0 Å². The van der Waals surface area contributed by atoms with Crippen LogP contribution in [-0.2, 0) is 14.8 Å². The first-order valence-electron chi connectivity index (χ1n) is 8.19. The Hall–Kier alpha value is -3.00. The molecule has 0 saturated heterocycles. The average Bonchev–Trinajstić information content (AvgIpc) is 2.71. The summed E-state index contributed by atoms with van der Waals surface area (Å²) in [5.74, 6) is 0.333. The molecular weight excluding hydrogens is 370 g/mol. The van der Waals surface area contributed by atoms with E-state index in [1.54, 1.807) is 24.3 Å². The lowest BCUT2D eigenvalue weighted by atomic mass is 10.2. The van der Waals surface area contributed by atoms with E-state index in [4.69, 9.17) is 14.2 Å². The molecular formula is C19H19NO6S. The SMILES string of the molecule is C=CCN(c1cccc(C(=O)OC)c1)S(=O)(=O)c1ccc2c(c1)OCCO2. The minimum absolute atomic E-state index is 0.0292. The zero-order valence-corrected chi connectivity index (χ0v) is 15.6. The lowest BCUT2D eigenvalue weighted by Gasteiger charge is -2.25. The van der Waals surface area contributed by atoms with E-state index in [1.165, 1.54) is 31.4 Å². The van der Waals surface area contributed by atoms with Crippen LogP contribution in [0.1, 0.15) is 10.4 Å². The molecule has 8 heteroatoms. The highest BCUT2D eigenvalue weighted by Crippen LogP contribution is 2.34. The van der Waals surface area contributed by atoms with Gasteiger partial charge in [0.2, 0.25) is 0 Å². The maximum atomic E-state index is 13.2. The number of rotatable bonds is 6. The first-order valence-corrected chi connectivity index (χ1v) is 9.63. The van der Waals surface area contributed by atoms with Gasteiger partial charge in [-0.2, -0.15) is 0 Å². The molecule has 0 bridgehead atoms. The summed E-state index contributed by atoms with van der Waals surface area (Å²) in [6.07, 6.45) is 1.47. The van der Waals surface area contributed by atoms with Gasteiger partial charge in [0, 0.05) is 6.07 Å². The van der Waals surface area contributed by atoms with Gasteiger partial charge in [0.1, 0.15) is 13.2 Å². The summed E-state index contributed by atoms with van der Waals surface area (Å²) in [7, 11) is -2.66. The molecule has 0 aromatic heterocycles. The zero-order valence-electron chi connectivity index (χ0n) is 14.8. The van der Waals surface area contributed by atoms with Crippen LogP contribution in [0.3, 0.4) is 0 Å². The fraction of sp³-hybridized carbons (Fsp3) is 0.211. The molecule has 1 aliphatic heterocycles. The van der Waals surface area contributed by atoms with Gasteiger partial charge in [0.15, 0.2) is 11.5 Å². The summed E-state index contributed by atoms with van der Waals surface area (Å²) in [4.78, 5) is 11.8.